The fraction of sp³-hybridized carbons (Fsp3) is 0.286. The molecule has 2 aromatic carbocycles. The second-order valence-electron chi connectivity index (χ2n) is 8.61. The molecule has 2 heterocycles. The number of fused-ring (bicyclic) bond motifs is 1. The second-order valence-corrected chi connectivity index (χ2v) is 9.74. The van der Waals surface area contributed by atoms with Gasteiger partial charge in [0.25, 0.3) is 5.91 Å². The molecule has 1 unspecified atom stereocenters. The highest BCUT2D eigenvalue weighted by Crippen LogP contribution is 2.29. The van der Waals surface area contributed by atoms with Crippen molar-refractivity contribution in [2.75, 3.05) is 6.54 Å². The van der Waals surface area contributed by atoms with Crippen LogP contribution in [0.2, 0.25) is 0 Å². The van der Waals surface area contributed by atoms with Crippen molar-refractivity contribution in [3.8, 4) is 17.6 Å². The zero-order chi connectivity index (χ0) is 24.8. The number of hydrogen-bond donors (Lipinski definition) is 2. The summed E-state index contributed by atoms with van der Waals surface area (Å²) in [6.07, 6.45) is 0.911. The van der Waals surface area contributed by atoms with Gasteiger partial charge in [-0.15, -0.1) is 17.3 Å². The Bertz CT molecular complexity index is 1270. The summed E-state index contributed by atoms with van der Waals surface area (Å²) in [6.45, 7) is 4.75. The topological polar surface area (TPSA) is 92.9 Å². The van der Waals surface area contributed by atoms with E-state index < -0.39 is 5.97 Å². The van der Waals surface area contributed by atoms with Crippen LogP contribution in [0.25, 0.3) is 0 Å². The molecule has 7 heteroatoms. The number of carboxylic acids is 1. The zero-order valence-electron chi connectivity index (χ0n) is 19.6. The Morgan fingerprint density at radius 3 is 2.66 bits per heavy atom. The summed E-state index contributed by atoms with van der Waals surface area (Å²) >= 11 is 1.52. The number of aliphatic carboxylic acids is 1. The van der Waals surface area contributed by atoms with Crippen LogP contribution < -0.4 is 10.5 Å². The third kappa shape index (κ3) is 6.50. The number of carbonyl (C=O) groups is 2. The van der Waals surface area contributed by atoms with Gasteiger partial charge in [0.2, 0.25) is 0 Å². The van der Waals surface area contributed by atoms with E-state index in [2.05, 4.69) is 28.9 Å². The van der Waals surface area contributed by atoms with Gasteiger partial charge in [-0.3, -0.25) is 14.5 Å². The van der Waals surface area contributed by atoms with Gasteiger partial charge in [-0.05, 0) is 53.8 Å². The van der Waals surface area contributed by atoms with Gasteiger partial charge in [-0.1, -0.05) is 42.3 Å². The molecule has 3 aromatic rings. The maximum atomic E-state index is 11.5. The molecule has 0 bridgehead atoms. The summed E-state index contributed by atoms with van der Waals surface area (Å²) in [7, 11) is 0. The predicted octanol–water partition coefficient (Wildman–Crippen LogP) is 4.57. The molecular weight excluding hydrogens is 460 g/mol. The minimum Gasteiger partial charge on any atom is -0.489 e. The van der Waals surface area contributed by atoms with E-state index in [4.69, 9.17) is 15.6 Å². The van der Waals surface area contributed by atoms with Gasteiger partial charge in [-0.25, -0.2) is 0 Å². The molecular formula is C28H28N2O4S. The van der Waals surface area contributed by atoms with Crippen LogP contribution in [-0.2, 0) is 30.9 Å². The van der Waals surface area contributed by atoms with Crippen LogP contribution in [0, 0.1) is 11.8 Å². The van der Waals surface area contributed by atoms with Crippen molar-refractivity contribution < 1.29 is 19.4 Å². The molecule has 1 aliphatic rings. The standard InChI is InChI=1S/C28H28N2O4S/c1-2-4-22(15-27(31)32)21-7-9-24(10-8-21)34-18-20-6-3-5-19(13-20)16-30-12-11-25-23(17-30)14-26(35-25)28(29)33/h3,5-10,13-14,22H,11-12,15-18H2,1H3,(H2,29,33)(H,31,32). The first kappa shape index (κ1) is 24.5. The highest BCUT2D eigenvalue weighted by atomic mass is 32.1. The molecule has 0 saturated heterocycles. The molecule has 1 amide bonds. The van der Waals surface area contributed by atoms with Gasteiger partial charge in [0.15, 0.2) is 0 Å². The van der Waals surface area contributed by atoms with Crippen LogP contribution in [0.1, 0.15) is 56.1 Å². The number of ether oxygens (including phenoxy) is 1. The predicted molar refractivity (Wildman–Crippen MR) is 136 cm³/mol. The average Bonchev–Trinajstić information content (AvgIpc) is 3.27. The van der Waals surface area contributed by atoms with Gasteiger partial charge in [0.05, 0.1) is 17.2 Å². The summed E-state index contributed by atoms with van der Waals surface area (Å²) in [5.74, 6) is 4.95. The smallest absolute Gasteiger partial charge is 0.304 e. The first-order valence-electron chi connectivity index (χ1n) is 11.5. The monoisotopic (exact) mass is 488 g/mol. The Hall–Kier alpha value is -3.60. The number of primary amides is 1. The van der Waals surface area contributed by atoms with E-state index in [-0.39, 0.29) is 18.2 Å². The molecule has 0 spiro atoms. The van der Waals surface area contributed by atoms with Crippen molar-refractivity contribution in [1.82, 2.24) is 4.90 Å². The largest absolute Gasteiger partial charge is 0.489 e. The van der Waals surface area contributed by atoms with Crippen LogP contribution in [0.3, 0.4) is 0 Å². The lowest BCUT2D eigenvalue weighted by molar-refractivity contribution is -0.137. The SMILES string of the molecule is CC#CC(CC(=O)O)c1ccc(OCc2cccc(CN3CCc4sc(C(N)=O)cc4C3)c2)cc1. The van der Waals surface area contributed by atoms with Crippen LogP contribution in [0.5, 0.6) is 5.75 Å². The Labute approximate surface area is 209 Å². The molecule has 0 fully saturated rings. The Kier molecular flexibility index (Phi) is 7.86. The number of carboxylic acid groups (broad SMARTS) is 1. The second kappa shape index (κ2) is 11.2. The molecule has 6 nitrogen and oxygen atoms in total. The lowest BCUT2D eigenvalue weighted by atomic mass is 9.96. The number of nitrogens with two attached hydrogens (primary N) is 1. The molecule has 180 valence electrons. The number of thiophene rings is 1. The molecule has 0 aliphatic carbocycles. The summed E-state index contributed by atoms with van der Waals surface area (Å²) in [6, 6.07) is 17.8. The number of hydrogen-bond acceptors (Lipinski definition) is 5. The average molecular weight is 489 g/mol. The van der Waals surface area contributed by atoms with E-state index in [9.17, 15) is 9.59 Å². The molecule has 3 N–H and O–H groups in total. The lowest BCUT2D eigenvalue weighted by Gasteiger charge is -2.26. The number of benzene rings is 2. The highest BCUT2D eigenvalue weighted by Gasteiger charge is 2.21. The van der Waals surface area contributed by atoms with Gasteiger partial charge in [0, 0.05) is 24.5 Å². The van der Waals surface area contributed by atoms with E-state index in [1.54, 1.807) is 6.92 Å². The van der Waals surface area contributed by atoms with Crippen molar-refractivity contribution in [2.24, 2.45) is 5.73 Å². The van der Waals surface area contributed by atoms with E-state index in [1.165, 1.54) is 27.3 Å². The Morgan fingerprint density at radius 1 is 1.17 bits per heavy atom. The van der Waals surface area contributed by atoms with Crippen LogP contribution in [-0.4, -0.2) is 28.4 Å². The van der Waals surface area contributed by atoms with Gasteiger partial charge >= 0.3 is 5.97 Å². The zero-order valence-corrected chi connectivity index (χ0v) is 20.4. The number of amides is 1. The molecule has 0 saturated carbocycles. The molecule has 1 atom stereocenters. The molecule has 1 aromatic heterocycles. The number of rotatable bonds is 9. The van der Waals surface area contributed by atoms with Crippen LogP contribution in [0.15, 0.2) is 54.6 Å². The lowest BCUT2D eigenvalue weighted by Crippen LogP contribution is -2.29. The van der Waals surface area contributed by atoms with E-state index in [0.29, 0.717) is 11.5 Å². The van der Waals surface area contributed by atoms with E-state index >= 15 is 0 Å². The Morgan fingerprint density at radius 2 is 1.94 bits per heavy atom. The third-order valence-corrected chi connectivity index (χ3v) is 7.22. The summed E-state index contributed by atoms with van der Waals surface area (Å²) in [5, 5.41) is 9.12. The number of carbonyl (C=O) groups excluding carboxylic acids is 1. The minimum absolute atomic E-state index is 0.0229. The van der Waals surface area contributed by atoms with E-state index in [0.717, 1.165) is 42.9 Å². The van der Waals surface area contributed by atoms with Gasteiger partial charge in [0.1, 0.15) is 12.4 Å². The van der Waals surface area contributed by atoms with E-state index in [1.807, 2.05) is 42.5 Å². The molecule has 0 radical (unpaired) electrons. The fourth-order valence-corrected chi connectivity index (χ4v) is 5.30. The fourth-order valence-electron chi connectivity index (χ4n) is 4.29. The van der Waals surface area contributed by atoms with Crippen molar-refractivity contribution in [1.29, 1.82) is 0 Å². The molecule has 1 aliphatic heterocycles. The summed E-state index contributed by atoms with van der Waals surface area (Å²) in [4.78, 5) is 26.9. The highest BCUT2D eigenvalue weighted by molar-refractivity contribution is 7.14. The molecule has 4 rings (SSSR count). The normalized spacial score (nSPS) is 13.9. The van der Waals surface area contributed by atoms with Crippen LogP contribution >= 0.6 is 11.3 Å². The minimum atomic E-state index is -0.867. The quantitative estimate of drug-likeness (QED) is 0.431. The number of nitrogens with zero attached hydrogens (tertiary/aromatic N) is 1. The third-order valence-electron chi connectivity index (χ3n) is 5.97. The van der Waals surface area contributed by atoms with Crippen molar-refractivity contribution >= 4 is 23.2 Å². The van der Waals surface area contributed by atoms with Gasteiger partial charge in [-0.2, -0.15) is 0 Å². The van der Waals surface area contributed by atoms with Crippen LogP contribution in [0.4, 0.5) is 0 Å². The van der Waals surface area contributed by atoms with Crippen molar-refractivity contribution in [2.45, 2.75) is 45.4 Å². The van der Waals surface area contributed by atoms with Crippen molar-refractivity contribution in [3.63, 3.8) is 0 Å². The maximum Gasteiger partial charge on any atom is 0.304 e. The summed E-state index contributed by atoms with van der Waals surface area (Å²) < 4.78 is 5.98. The molecule has 35 heavy (non-hydrogen) atoms. The van der Waals surface area contributed by atoms with Gasteiger partial charge < -0.3 is 15.6 Å². The first-order valence-corrected chi connectivity index (χ1v) is 12.3. The maximum absolute atomic E-state index is 11.5. The first-order chi connectivity index (χ1) is 16.9. The Balaban J connectivity index is 1.34. The van der Waals surface area contributed by atoms with Crippen molar-refractivity contribution in [3.05, 3.63) is 86.6 Å². The summed E-state index contributed by atoms with van der Waals surface area (Å²) in [5.41, 5.74) is 9.81.